The number of carbonyl (C=O) groups excluding carboxylic acids is 1. The Balaban J connectivity index is 1.49. The number of halogens is 1. The van der Waals surface area contributed by atoms with Crippen LogP contribution < -0.4 is 5.32 Å². The molecular weight excluding hydrogens is 465 g/mol. The molecular formula is C26H28FN5O2S. The molecule has 0 spiro atoms. The van der Waals surface area contributed by atoms with E-state index in [1.807, 2.05) is 47.0 Å². The van der Waals surface area contributed by atoms with Gasteiger partial charge in [0.2, 0.25) is 5.91 Å². The van der Waals surface area contributed by atoms with Crippen molar-refractivity contribution >= 4 is 17.7 Å². The Bertz CT molecular complexity index is 1210. The highest BCUT2D eigenvalue weighted by Crippen LogP contribution is 2.28. The van der Waals surface area contributed by atoms with Crippen LogP contribution in [0.15, 0.2) is 82.6 Å². The second-order valence-electron chi connectivity index (χ2n) is 7.83. The number of nitrogens with zero attached hydrogens (tertiary/aromatic N) is 4. The van der Waals surface area contributed by atoms with E-state index in [1.54, 1.807) is 18.4 Å². The van der Waals surface area contributed by atoms with Crippen molar-refractivity contribution in [2.24, 2.45) is 0 Å². The molecule has 0 fully saturated rings. The van der Waals surface area contributed by atoms with Crippen LogP contribution in [0.4, 0.5) is 4.39 Å². The van der Waals surface area contributed by atoms with E-state index >= 15 is 0 Å². The van der Waals surface area contributed by atoms with E-state index in [4.69, 9.17) is 4.42 Å². The molecule has 0 radical (unpaired) electrons. The summed E-state index contributed by atoms with van der Waals surface area (Å²) in [5.74, 6) is 1.17. The Morgan fingerprint density at radius 1 is 1.06 bits per heavy atom. The molecule has 4 aromatic rings. The van der Waals surface area contributed by atoms with E-state index in [9.17, 15) is 9.18 Å². The number of thioether (sulfide) groups is 1. The molecule has 1 N–H and O–H groups in total. The van der Waals surface area contributed by atoms with Gasteiger partial charge in [0.05, 0.1) is 18.1 Å². The van der Waals surface area contributed by atoms with E-state index in [2.05, 4.69) is 34.3 Å². The molecule has 2 heterocycles. The monoisotopic (exact) mass is 493 g/mol. The van der Waals surface area contributed by atoms with Gasteiger partial charge in [0, 0.05) is 17.8 Å². The van der Waals surface area contributed by atoms with Crippen LogP contribution in [0.2, 0.25) is 0 Å². The maximum atomic E-state index is 13.6. The highest BCUT2D eigenvalue weighted by molar-refractivity contribution is 7.99. The summed E-state index contributed by atoms with van der Waals surface area (Å²) in [4.78, 5) is 15.0. The number of furan rings is 1. The summed E-state index contributed by atoms with van der Waals surface area (Å²) in [6.45, 7) is 6.30. The number of hydrogen-bond acceptors (Lipinski definition) is 6. The average molecular weight is 494 g/mol. The summed E-state index contributed by atoms with van der Waals surface area (Å²) in [5, 5.41) is 12.3. The summed E-state index contributed by atoms with van der Waals surface area (Å²) in [6.07, 6.45) is 1.65. The first-order valence-electron chi connectivity index (χ1n) is 11.5. The van der Waals surface area contributed by atoms with Crippen molar-refractivity contribution in [3.63, 3.8) is 0 Å². The fourth-order valence-electron chi connectivity index (χ4n) is 3.91. The van der Waals surface area contributed by atoms with E-state index in [-0.39, 0.29) is 23.5 Å². The Morgan fingerprint density at radius 2 is 1.80 bits per heavy atom. The van der Waals surface area contributed by atoms with E-state index in [0.717, 1.165) is 30.1 Å². The molecule has 1 unspecified atom stereocenters. The second-order valence-corrected chi connectivity index (χ2v) is 8.77. The first kappa shape index (κ1) is 24.7. The molecule has 0 aliphatic rings. The van der Waals surface area contributed by atoms with Crippen molar-refractivity contribution in [1.82, 2.24) is 25.0 Å². The molecule has 9 heteroatoms. The third kappa shape index (κ3) is 5.98. The summed E-state index contributed by atoms with van der Waals surface area (Å²) in [5.41, 5.74) is 1.60. The predicted molar refractivity (Wildman–Crippen MR) is 135 cm³/mol. The number of nitrogens with one attached hydrogen (secondary N) is 1. The molecule has 0 bridgehead atoms. The molecule has 0 aliphatic carbocycles. The molecule has 1 atom stereocenters. The lowest BCUT2D eigenvalue weighted by molar-refractivity contribution is -0.118. The molecule has 7 nitrogen and oxygen atoms in total. The van der Waals surface area contributed by atoms with Gasteiger partial charge in [0.15, 0.2) is 11.0 Å². The Kier molecular flexibility index (Phi) is 8.33. The Hall–Kier alpha value is -3.43. The number of amides is 1. The molecule has 182 valence electrons. The van der Waals surface area contributed by atoms with Crippen molar-refractivity contribution in [2.45, 2.75) is 25.0 Å². The summed E-state index contributed by atoms with van der Waals surface area (Å²) < 4.78 is 21.0. The molecule has 2 aromatic heterocycles. The van der Waals surface area contributed by atoms with Crippen molar-refractivity contribution < 1.29 is 13.6 Å². The molecule has 35 heavy (non-hydrogen) atoms. The second kappa shape index (κ2) is 11.8. The third-order valence-electron chi connectivity index (χ3n) is 5.70. The first-order chi connectivity index (χ1) is 17.1. The van der Waals surface area contributed by atoms with Gasteiger partial charge in [-0.25, -0.2) is 4.39 Å². The van der Waals surface area contributed by atoms with E-state index < -0.39 is 0 Å². The zero-order chi connectivity index (χ0) is 24.6. The summed E-state index contributed by atoms with van der Waals surface area (Å²) in [7, 11) is 0. The largest absolute Gasteiger partial charge is 0.468 e. The first-order valence-corrected chi connectivity index (χ1v) is 12.5. The van der Waals surface area contributed by atoms with Crippen molar-refractivity contribution in [1.29, 1.82) is 0 Å². The summed E-state index contributed by atoms with van der Waals surface area (Å²) in [6, 6.07) is 19.5. The van der Waals surface area contributed by atoms with Gasteiger partial charge in [-0.05, 0) is 49.5 Å². The van der Waals surface area contributed by atoms with Gasteiger partial charge in [-0.2, -0.15) is 0 Å². The van der Waals surface area contributed by atoms with Crippen molar-refractivity contribution in [3.05, 3.63) is 84.6 Å². The molecule has 1 amide bonds. The van der Waals surface area contributed by atoms with Gasteiger partial charge in [-0.3, -0.25) is 14.3 Å². The predicted octanol–water partition coefficient (Wildman–Crippen LogP) is 4.96. The number of rotatable bonds is 11. The van der Waals surface area contributed by atoms with Gasteiger partial charge in [-0.15, -0.1) is 10.2 Å². The van der Waals surface area contributed by atoms with Crippen LogP contribution in [0.25, 0.3) is 17.1 Å². The van der Waals surface area contributed by atoms with Crippen molar-refractivity contribution in [3.8, 4) is 17.1 Å². The van der Waals surface area contributed by atoms with E-state index in [0.29, 0.717) is 17.5 Å². The van der Waals surface area contributed by atoms with E-state index in [1.165, 1.54) is 23.9 Å². The summed E-state index contributed by atoms with van der Waals surface area (Å²) >= 11 is 1.29. The zero-order valence-corrected chi connectivity index (χ0v) is 20.5. The van der Waals surface area contributed by atoms with Crippen LogP contribution in [-0.2, 0) is 4.79 Å². The van der Waals surface area contributed by atoms with Crippen LogP contribution in [0.3, 0.4) is 0 Å². The third-order valence-corrected chi connectivity index (χ3v) is 6.63. The molecule has 0 saturated heterocycles. The van der Waals surface area contributed by atoms with Crippen LogP contribution in [0, 0.1) is 5.82 Å². The minimum atomic E-state index is -0.323. The maximum absolute atomic E-state index is 13.6. The zero-order valence-electron chi connectivity index (χ0n) is 19.7. The smallest absolute Gasteiger partial charge is 0.230 e. The van der Waals surface area contributed by atoms with Gasteiger partial charge in [0.25, 0.3) is 0 Å². The lowest BCUT2D eigenvalue weighted by Gasteiger charge is -2.28. The lowest BCUT2D eigenvalue weighted by atomic mass is 10.2. The quantitative estimate of drug-likeness (QED) is 0.298. The topological polar surface area (TPSA) is 76.2 Å². The van der Waals surface area contributed by atoms with Crippen LogP contribution in [0.5, 0.6) is 0 Å². The lowest BCUT2D eigenvalue weighted by Crippen LogP contribution is -2.38. The number of carbonyl (C=O) groups is 1. The van der Waals surface area contributed by atoms with Gasteiger partial charge in [-0.1, -0.05) is 55.9 Å². The fraction of sp³-hybridized carbons (Fsp3) is 0.269. The SMILES string of the molecule is CCN(CC)C(CNC(=O)CSc1nnc(-c2ccccc2)n1-c1ccc(F)cc1)c1ccco1. The normalized spacial score (nSPS) is 12.1. The highest BCUT2D eigenvalue weighted by Gasteiger charge is 2.22. The average Bonchev–Trinajstić information content (AvgIpc) is 3.57. The van der Waals surface area contributed by atoms with Crippen molar-refractivity contribution in [2.75, 3.05) is 25.4 Å². The number of benzene rings is 2. The number of likely N-dealkylation sites (N-methyl/N-ethyl adjacent to an activating group) is 1. The van der Waals surface area contributed by atoms with Crippen LogP contribution >= 0.6 is 11.8 Å². The fourth-order valence-corrected chi connectivity index (χ4v) is 4.69. The molecule has 4 rings (SSSR count). The highest BCUT2D eigenvalue weighted by atomic mass is 32.2. The molecule has 0 saturated carbocycles. The van der Waals surface area contributed by atoms with Gasteiger partial charge >= 0.3 is 0 Å². The van der Waals surface area contributed by atoms with Crippen LogP contribution in [0.1, 0.15) is 25.6 Å². The molecule has 2 aromatic carbocycles. The maximum Gasteiger partial charge on any atom is 0.230 e. The number of hydrogen-bond donors (Lipinski definition) is 1. The Morgan fingerprint density at radius 3 is 2.46 bits per heavy atom. The minimum absolute atomic E-state index is 0.0403. The van der Waals surface area contributed by atoms with Crippen LogP contribution in [-0.4, -0.2) is 51.0 Å². The standard InChI is InChI=1S/C26H28FN5O2S/c1-3-31(4-2)22(23-11-8-16-34-23)17-28-24(33)18-35-26-30-29-25(19-9-6-5-7-10-19)32(26)21-14-12-20(27)13-15-21/h5-16,22H,3-4,17-18H2,1-2H3,(H,28,33). The number of aromatic nitrogens is 3. The Labute approximate surface area is 208 Å². The van der Waals surface area contributed by atoms with Gasteiger partial charge in [0.1, 0.15) is 11.6 Å². The molecule has 0 aliphatic heterocycles. The van der Waals surface area contributed by atoms with Gasteiger partial charge < -0.3 is 9.73 Å². The minimum Gasteiger partial charge on any atom is -0.468 e.